The maximum absolute atomic E-state index is 11.0. The van der Waals surface area contributed by atoms with Gasteiger partial charge < -0.3 is 10.2 Å². The van der Waals surface area contributed by atoms with Crippen LogP contribution in [0.4, 0.5) is 0 Å². The van der Waals surface area contributed by atoms with Crippen LogP contribution < -0.4 is 0 Å². The van der Waals surface area contributed by atoms with Crippen molar-refractivity contribution in [1.82, 2.24) is 0 Å². The molecule has 0 unspecified atom stereocenters. The van der Waals surface area contributed by atoms with Crippen molar-refractivity contribution in [2.75, 3.05) is 0 Å². The number of carboxylic acids is 2. The van der Waals surface area contributed by atoms with E-state index in [1.54, 1.807) is 0 Å². The molecule has 4 nitrogen and oxygen atoms in total. The summed E-state index contributed by atoms with van der Waals surface area (Å²) in [4.78, 5) is 21.7. The number of rotatable bonds is 3. The fraction of sp³-hybridized carbons (Fsp3) is 0.273. The van der Waals surface area contributed by atoms with Gasteiger partial charge in [-0.3, -0.25) is 4.79 Å². The molecule has 16 heavy (non-hydrogen) atoms. The average molecular weight is 243 g/mol. The predicted octanol–water partition coefficient (Wildman–Crippen LogP) is 2.40. The van der Waals surface area contributed by atoms with Gasteiger partial charge in [-0.1, -0.05) is 17.7 Å². The van der Waals surface area contributed by atoms with Crippen molar-refractivity contribution in [2.45, 2.75) is 19.3 Å². The molecule has 0 radical (unpaired) electrons. The van der Waals surface area contributed by atoms with Crippen LogP contribution in [0.2, 0.25) is 5.02 Å². The van der Waals surface area contributed by atoms with Crippen molar-refractivity contribution in [3.63, 3.8) is 0 Å². The Hall–Kier alpha value is -1.55. The van der Waals surface area contributed by atoms with Gasteiger partial charge in [0, 0.05) is 5.02 Å². The molecular weight excluding hydrogens is 232 g/mol. The number of benzene rings is 1. The minimum atomic E-state index is -1.14. The van der Waals surface area contributed by atoms with E-state index < -0.39 is 17.4 Å². The maximum Gasteiger partial charge on any atom is 0.335 e. The zero-order valence-electron chi connectivity index (χ0n) is 8.82. The van der Waals surface area contributed by atoms with Gasteiger partial charge in [-0.25, -0.2) is 4.79 Å². The number of hydrogen-bond acceptors (Lipinski definition) is 2. The average Bonchev–Trinajstić information content (AvgIpc) is 2.16. The fourth-order valence-electron chi connectivity index (χ4n) is 1.27. The molecular formula is C11H11ClO4. The van der Waals surface area contributed by atoms with Crippen LogP contribution in [0, 0.1) is 0 Å². The fourth-order valence-corrected chi connectivity index (χ4v) is 1.69. The van der Waals surface area contributed by atoms with E-state index >= 15 is 0 Å². The lowest BCUT2D eigenvalue weighted by Gasteiger charge is -2.21. The molecule has 0 spiro atoms. The van der Waals surface area contributed by atoms with E-state index in [0.717, 1.165) is 0 Å². The van der Waals surface area contributed by atoms with E-state index in [9.17, 15) is 9.59 Å². The van der Waals surface area contributed by atoms with E-state index in [1.165, 1.54) is 32.0 Å². The zero-order valence-corrected chi connectivity index (χ0v) is 9.58. The summed E-state index contributed by atoms with van der Waals surface area (Å²) in [6.45, 7) is 3.02. The Bertz CT molecular complexity index is 451. The van der Waals surface area contributed by atoms with Gasteiger partial charge in [0.25, 0.3) is 0 Å². The Labute approximate surface area is 97.5 Å². The topological polar surface area (TPSA) is 74.6 Å². The van der Waals surface area contributed by atoms with Gasteiger partial charge in [-0.05, 0) is 31.5 Å². The maximum atomic E-state index is 11.0. The molecule has 0 aliphatic heterocycles. The van der Waals surface area contributed by atoms with Gasteiger partial charge in [-0.2, -0.15) is 0 Å². The van der Waals surface area contributed by atoms with Crippen LogP contribution in [0.15, 0.2) is 18.2 Å². The smallest absolute Gasteiger partial charge is 0.335 e. The third-order valence-electron chi connectivity index (χ3n) is 2.42. The monoisotopic (exact) mass is 242 g/mol. The zero-order chi connectivity index (χ0) is 12.5. The Kier molecular flexibility index (Phi) is 3.24. The molecule has 0 heterocycles. The molecule has 0 aliphatic rings. The first-order valence-corrected chi connectivity index (χ1v) is 4.91. The van der Waals surface area contributed by atoms with Crippen LogP contribution in [0.25, 0.3) is 0 Å². The summed E-state index contributed by atoms with van der Waals surface area (Å²) < 4.78 is 0. The molecule has 0 amide bonds. The Morgan fingerprint density at radius 1 is 1.25 bits per heavy atom. The summed E-state index contributed by atoms with van der Waals surface area (Å²) in [5, 5.41) is 17.9. The molecule has 0 bridgehead atoms. The predicted molar refractivity (Wildman–Crippen MR) is 59.1 cm³/mol. The molecule has 0 aromatic heterocycles. The van der Waals surface area contributed by atoms with Crippen molar-refractivity contribution in [3.05, 3.63) is 34.3 Å². The highest BCUT2D eigenvalue weighted by Gasteiger charge is 2.31. The van der Waals surface area contributed by atoms with Crippen LogP contribution >= 0.6 is 11.6 Å². The Balaban J connectivity index is 3.28. The van der Waals surface area contributed by atoms with E-state index in [1.807, 2.05) is 0 Å². The molecule has 0 saturated heterocycles. The van der Waals surface area contributed by atoms with Crippen LogP contribution in [0.3, 0.4) is 0 Å². The van der Waals surface area contributed by atoms with E-state index in [2.05, 4.69) is 0 Å². The van der Waals surface area contributed by atoms with Gasteiger partial charge in [0.1, 0.15) is 0 Å². The summed E-state index contributed by atoms with van der Waals surface area (Å²) in [5.74, 6) is -2.11. The summed E-state index contributed by atoms with van der Waals surface area (Å²) in [7, 11) is 0. The first kappa shape index (κ1) is 12.5. The molecule has 1 aromatic carbocycles. The van der Waals surface area contributed by atoms with Crippen LogP contribution in [0.5, 0.6) is 0 Å². The lowest BCUT2D eigenvalue weighted by molar-refractivity contribution is -0.142. The summed E-state index contributed by atoms with van der Waals surface area (Å²) >= 11 is 5.88. The second-order valence-corrected chi connectivity index (χ2v) is 4.34. The number of aromatic carboxylic acids is 1. The summed E-state index contributed by atoms with van der Waals surface area (Å²) in [6, 6.07) is 4.03. The number of carboxylic acid groups (broad SMARTS) is 2. The standard InChI is InChI=1S/C11H11ClO4/c1-11(2,10(15)16)7-4-3-6(9(13)14)5-8(7)12/h3-5H,1-2H3,(H,13,14)(H,15,16). The van der Waals surface area contributed by atoms with Gasteiger partial charge in [0.2, 0.25) is 0 Å². The van der Waals surface area contributed by atoms with Gasteiger partial charge in [-0.15, -0.1) is 0 Å². The van der Waals surface area contributed by atoms with Crippen LogP contribution in [-0.2, 0) is 10.2 Å². The molecule has 1 aromatic rings. The van der Waals surface area contributed by atoms with E-state index in [-0.39, 0.29) is 10.6 Å². The lowest BCUT2D eigenvalue weighted by Crippen LogP contribution is -2.28. The largest absolute Gasteiger partial charge is 0.481 e. The second kappa shape index (κ2) is 4.14. The summed E-state index contributed by atoms with van der Waals surface area (Å²) in [6.07, 6.45) is 0. The van der Waals surface area contributed by atoms with Crippen molar-refractivity contribution < 1.29 is 19.8 Å². The van der Waals surface area contributed by atoms with Crippen LogP contribution in [0.1, 0.15) is 29.8 Å². The molecule has 2 N–H and O–H groups in total. The molecule has 0 atom stereocenters. The number of aliphatic carboxylic acids is 1. The third-order valence-corrected chi connectivity index (χ3v) is 2.74. The number of hydrogen-bond donors (Lipinski definition) is 2. The first-order valence-electron chi connectivity index (χ1n) is 4.53. The van der Waals surface area contributed by atoms with Gasteiger partial charge in [0.15, 0.2) is 0 Å². The quantitative estimate of drug-likeness (QED) is 0.854. The highest BCUT2D eigenvalue weighted by atomic mass is 35.5. The van der Waals surface area contributed by atoms with Crippen LogP contribution in [-0.4, -0.2) is 22.2 Å². The number of halogens is 1. The first-order chi connectivity index (χ1) is 7.26. The molecule has 0 saturated carbocycles. The highest BCUT2D eigenvalue weighted by Crippen LogP contribution is 2.30. The van der Waals surface area contributed by atoms with Crippen molar-refractivity contribution in [2.24, 2.45) is 0 Å². The van der Waals surface area contributed by atoms with E-state index in [4.69, 9.17) is 21.8 Å². The number of carbonyl (C=O) groups is 2. The normalized spacial score (nSPS) is 11.2. The SMILES string of the molecule is CC(C)(C(=O)O)c1ccc(C(=O)O)cc1Cl. The highest BCUT2D eigenvalue weighted by molar-refractivity contribution is 6.32. The van der Waals surface area contributed by atoms with Gasteiger partial charge >= 0.3 is 11.9 Å². The molecule has 86 valence electrons. The third kappa shape index (κ3) is 2.17. The van der Waals surface area contributed by atoms with Crippen molar-refractivity contribution in [3.8, 4) is 0 Å². The summed E-state index contributed by atoms with van der Waals surface area (Å²) in [5.41, 5.74) is -0.713. The minimum Gasteiger partial charge on any atom is -0.481 e. The van der Waals surface area contributed by atoms with Gasteiger partial charge in [0.05, 0.1) is 11.0 Å². The molecule has 1 rings (SSSR count). The molecule has 5 heteroatoms. The molecule has 0 aliphatic carbocycles. The Morgan fingerprint density at radius 2 is 1.81 bits per heavy atom. The molecule has 0 fully saturated rings. The second-order valence-electron chi connectivity index (χ2n) is 3.93. The minimum absolute atomic E-state index is 0.0370. The lowest BCUT2D eigenvalue weighted by atomic mass is 9.84. The van der Waals surface area contributed by atoms with Crippen molar-refractivity contribution in [1.29, 1.82) is 0 Å². The van der Waals surface area contributed by atoms with Crippen molar-refractivity contribution >= 4 is 23.5 Å². The Morgan fingerprint density at radius 3 is 2.19 bits per heavy atom. The van der Waals surface area contributed by atoms with E-state index in [0.29, 0.717) is 5.56 Å².